The summed E-state index contributed by atoms with van der Waals surface area (Å²) in [4.78, 5) is 34.5. The molecule has 0 saturated carbocycles. The second kappa shape index (κ2) is 11.5. The molecule has 7 heteroatoms. The number of hydrogen-bond donors (Lipinski definition) is 2. The highest BCUT2D eigenvalue weighted by atomic mass is 16.7. The Balaban J connectivity index is 1.65. The van der Waals surface area contributed by atoms with Crippen molar-refractivity contribution < 1.29 is 29.0 Å². The van der Waals surface area contributed by atoms with Gasteiger partial charge in [-0.1, -0.05) is 42.5 Å². The third kappa shape index (κ3) is 8.58. The zero-order valence-electron chi connectivity index (χ0n) is 16.8. The Kier molecular flexibility index (Phi) is 9.02. The Labute approximate surface area is 171 Å². The van der Waals surface area contributed by atoms with Crippen LogP contribution in [0.15, 0.2) is 42.5 Å². The molecule has 0 aliphatic carbocycles. The predicted molar refractivity (Wildman–Crippen MR) is 107 cm³/mol. The highest BCUT2D eigenvalue weighted by Crippen LogP contribution is 2.23. The van der Waals surface area contributed by atoms with E-state index in [9.17, 15) is 14.4 Å². The summed E-state index contributed by atoms with van der Waals surface area (Å²) < 4.78 is 11.6. The van der Waals surface area contributed by atoms with E-state index in [1.165, 1.54) is 0 Å². The van der Waals surface area contributed by atoms with Gasteiger partial charge in [-0.15, -0.1) is 0 Å². The fourth-order valence-electron chi connectivity index (χ4n) is 2.89. The van der Waals surface area contributed by atoms with E-state index in [2.05, 4.69) is 5.32 Å². The van der Waals surface area contributed by atoms with Gasteiger partial charge in [0.2, 0.25) is 5.78 Å². The van der Waals surface area contributed by atoms with E-state index in [0.29, 0.717) is 19.6 Å². The molecule has 1 aromatic carbocycles. The first kappa shape index (κ1) is 22.8. The molecule has 1 heterocycles. The molecule has 2 rings (SSSR count). The lowest BCUT2D eigenvalue weighted by Crippen LogP contribution is -2.50. The number of carbonyl (C=O) groups excluding carboxylic acids is 2. The van der Waals surface area contributed by atoms with Crippen molar-refractivity contribution in [3.63, 3.8) is 0 Å². The van der Waals surface area contributed by atoms with Crippen LogP contribution in [0.4, 0.5) is 0 Å². The summed E-state index contributed by atoms with van der Waals surface area (Å²) >= 11 is 0. The van der Waals surface area contributed by atoms with Gasteiger partial charge in [0.1, 0.15) is 0 Å². The molecule has 7 nitrogen and oxygen atoms in total. The number of amides is 1. The van der Waals surface area contributed by atoms with Crippen LogP contribution >= 0.6 is 0 Å². The monoisotopic (exact) mass is 403 g/mol. The zero-order chi connectivity index (χ0) is 21.1. The van der Waals surface area contributed by atoms with Crippen LogP contribution in [0.2, 0.25) is 0 Å². The van der Waals surface area contributed by atoms with Gasteiger partial charge in [0.05, 0.1) is 19.8 Å². The van der Waals surface area contributed by atoms with Gasteiger partial charge < -0.3 is 19.9 Å². The van der Waals surface area contributed by atoms with Crippen LogP contribution in [0.5, 0.6) is 0 Å². The summed E-state index contributed by atoms with van der Waals surface area (Å²) in [6.07, 6.45) is 6.39. The summed E-state index contributed by atoms with van der Waals surface area (Å²) in [5.74, 6) is -2.67. The first-order valence-electron chi connectivity index (χ1n) is 9.87. The van der Waals surface area contributed by atoms with Crippen molar-refractivity contribution >= 4 is 17.7 Å². The molecule has 1 aliphatic rings. The lowest BCUT2D eigenvalue weighted by atomic mass is 10.0. The average Bonchev–Trinajstić information content (AvgIpc) is 2.71. The quantitative estimate of drug-likeness (QED) is 0.334. The average molecular weight is 403 g/mol. The Bertz CT molecular complexity index is 707. The number of ether oxygens (including phenoxy) is 2. The number of allylic oxidation sites excluding steroid dienone is 2. The maximum absolute atomic E-state index is 12.0. The minimum Gasteiger partial charge on any atom is -0.481 e. The highest BCUT2D eigenvalue weighted by molar-refractivity contribution is 6.36. The summed E-state index contributed by atoms with van der Waals surface area (Å²) in [6.45, 7) is 2.82. The molecule has 1 fully saturated rings. The number of carbonyl (C=O) groups is 3. The molecule has 0 aromatic heterocycles. The molecule has 1 aromatic rings. The number of rotatable bonds is 11. The molecule has 0 unspecified atom stereocenters. The molecule has 29 heavy (non-hydrogen) atoms. The van der Waals surface area contributed by atoms with Gasteiger partial charge in [0.25, 0.3) is 5.91 Å². The molecular weight excluding hydrogens is 374 g/mol. The van der Waals surface area contributed by atoms with E-state index >= 15 is 0 Å². The second-order valence-electron chi connectivity index (χ2n) is 7.38. The third-order valence-corrected chi connectivity index (χ3v) is 4.68. The van der Waals surface area contributed by atoms with E-state index in [1.807, 2.05) is 30.4 Å². The first-order valence-corrected chi connectivity index (χ1v) is 9.87. The highest BCUT2D eigenvalue weighted by Gasteiger charge is 2.33. The SMILES string of the molecule is CC1(CNC(=O)C(=O)Cc2ccccc2)OCC(CC=CCCCC(=O)O)CO1. The number of aliphatic carboxylic acids is 1. The molecule has 158 valence electrons. The number of Topliss-reactive ketones (excluding diaryl/α,β-unsaturated/α-hetero) is 1. The van der Waals surface area contributed by atoms with Crippen LogP contribution in [0.3, 0.4) is 0 Å². The molecule has 1 saturated heterocycles. The number of nitrogens with one attached hydrogen (secondary N) is 1. The standard InChI is InChI=1S/C22H29NO6/c1-22(16-23-21(27)19(24)13-17-9-6-4-7-10-17)28-14-18(15-29-22)11-5-2-3-8-12-20(25)26/h2,4-7,9-10,18H,3,8,11-16H2,1H3,(H,23,27)(H,25,26). The summed E-state index contributed by atoms with van der Waals surface area (Å²) in [7, 11) is 0. The zero-order valence-corrected chi connectivity index (χ0v) is 16.8. The van der Waals surface area contributed by atoms with Crippen molar-refractivity contribution in [1.29, 1.82) is 0 Å². The van der Waals surface area contributed by atoms with Gasteiger partial charge in [0.15, 0.2) is 5.79 Å². The van der Waals surface area contributed by atoms with Gasteiger partial charge in [-0.3, -0.25) is 14.4 Å². The van der Waals surface area contributed by atoms with Crippen LogP contribution < -0.4 is 5.32 Å². The number of benzene rings is 1. The van der Waals surface area contributed by atoms with E-state index < -0.39 is 23.4 Å². The summed E-state index contributed by atoms with van der Waals surface area (Å²) in [5, 5.41) is 11.2. The fourth-order valence-corrected chi connectivity index (χ4v) is 2.89. The lowest BCUT2D eigenvalue weighted by Gasteiger charge is -2.37. The molecule has 0 radical (unpaired) electrons. The van der Waals surface area contributed by atoms with Crippen molar-refractivity contribution in [3.05, 3.63) is 48.0 Å². The van der Waals surface area contributed by atoms with Crippen LogP contribution in [0.25, 0.3) is 0 Å². The molecule has 0 atom stereocenters. The lowest BCUT2D eigenvalue weighted by molar-refractivity contribution is -0.268. The van der Waals surface area contributed by atoms with Gasteiger partial charge in [-0.05, 0) is 31.7 Å². The minimum absolute atomic E-state index is 0.0615. The van der Waals surface area contributed by atoms with E-state index in [4.69, 9.17) is 14.6 Å². The van der Waals surface area contributed by atoms with Crippen LogP contribution in [0.1, 0.15) is 38.2 Å². The van der Waals surface area contributed by atoms with Crippen molar-refractivity contribution in [2.24, 2.45) is 5.92 Å². The predicted octanol–water partition coefficient (Wildman–Crippen LogP) is 2.49. The topological polar surface area (TPSA) is 102 Å². The fraction of sp³-hybridized carbons (Fsp3) is 0.500. The number of carboxylic acid groups (broad SMARTS) is 1. The Hall–Kier alpha value is -2.51. The molecule has 1 amide bonds. The molecule has 0 bridgehead atoms. The first-order chi connectivity index (χ1) is 13.9. The number of hydrogen-bond acceptors (Lipinski definition) is 5. The molecular formula is C22H29NO6. The largest absolute Gasteiger partial charge is 0.481 e. The summed E-state index contributed by atoms with van der Waals surface area (Å²) in [6, 6.07) is 9.12. The van der Waals surface area contributed by atoms with E-state index in [-0.39, 0.29) is 25.3 Å². The second-order valence-corrected chi connectivity index (χ2v) is 7.38. The summed E-state index contributed by atoms with van der Waals surface area (Å²) in [5.41, 5.74) is 0.794. The van der Waals surface area contributed by atoms with Crippen molar-refractivity contribution in [2.75, 3.05) is 19.8 Å². The Morgan fingerprint density at radius 3 is 2.52 bits per heavy atom. The normalized spacial score (nSPS) is 21.8. The van der Waals surface area contributed by atoms with Crippen LogP contribution in [-0.2, 0) is 30.3 Å². The third-order valence-electron chi connectivity index (χ3n) is 4.68. The van der Waals surface area contributed by atoms with Gasteiger partial charge >= 0.3 is 5.97 Å². The Morgan fingerprint density at radius 1 is 1.17 bits per heavy atom. The minimum atomic E-state index is -0.954. The van der Waals surface area contributed by atoms with E-state index in [1.54, 1.807) is 19.1 Å². The number of unbranched alkanes of at least 4 members (excludes halogenated alkanes) is 1. The Morgan fingerprint density at radius 2 is 1.86 bits per heavy atom. The molecule has 2 N–H and O–H groups in total. The maximum atomic E-state index is 12.0. The van der Waals surface area contributed by atoms with Crippen LogP contribution in [0, 0.1) is 5.92 Å². The molecule has 0 spiro atoms. The number of ketones is 1. The van der Waals surface area contributed by atoms with E-state index in [0.717, 1.165) is 18.4 Å². The van der Waals surface area contributed by atoms with Gasteiger partial charge in [-0.25, -0.2) is 0 Å². The maximum Gasteiger partial charge on any atom is 0.303 e. The van der Waals surface area contributed by atoms with Crippen LogP contribution in [-0.4, -0.2) is 48.3 Å². The number of carboxylic acids is 1. The van der Waals surface area contributed by atoms with Gasteiger partial charge in [-0.2, -0.15) is 0 Å². The molecule has 1 aliphatic heterocycles. The van der Waals surface area contributed by atoms with Gasteiger partial charge in [0, 0.05) is 18.8 Å². The van der Waals surface area contributed by atoms with Crippen molar-refractivity contribution in [3.8, 4) is 0 Å². The van der Waals surface area contributed by atoms with Crippen molar-refractivity contribution in [2.45, 2.75) is 44.8 Å². The van der Waals surface area contributed by atoms with Crippen molar-refractivity contribution in [1.82, 2.24) is 5.32 Å². The smallest absolute Gasteiger partial charge is 0.303 e.